The maximum absolute atomic E-state index is 15.0. The standard InChI is InChI=1S/C28H35BrClFN2O5/c1-26(2,3)37-24(35)32-21(13-10-14-34)28(17-11-8-7-9-12-17)16-18-20(15-19(31)23(30)22(18)29)33(28)25(36)38-27(4,5)6/h7-9,11-12,15,21,34H,10,13-14,16H2,1-6H3,(H,32,35)/t21-,28-/m0/s1. The van der Waals surface area contributed by atoms with Gasteiger partial charge in [0.05, 0.1) is 16.8 Å². The lowest BCUT2D eigenvalue weighted by Gasteiger charge is -2.45. The lowest BCUT2D eigenvalue weighted by atomic mass is 9.77. The Morgan fingerprint density at radius 3 is 2.32 bits per heavy atom. The number of halogens is 3. The number of nitrogens with one attached hydrogen (secondary N) is 1. The van der Waals surface area contributed by atoms with Crippen LogP contribution in [0, 0.1) is 5.82 Å². The van der Waals surface area contributed by atoms with Gasteiger partial charge in [0, 0.05) is 17.5 Å². The van der Waals surface area contributed by atoms with Crippen LogP contribution in [0.15, 0.2) is 40.9 Å². The van der Waals surface area contributed by atoms with E-state index in [4.69, 9.17) is 21.1 Å². The number of aliphatic hydroxyl groups is 1. The fourth-order valence-corrected chi connectivity index (χ4v) is 5.44. The molecule has 0 aromatic heterocycles. The fourth-order valence-electron chi connectivity index (χ4n) is 4.73. The smallest absolute Gasteiger partial charge is 0.415 e. The van der Waals surface area contributed by atoms with Crippen molar-refractivity contribution in [3.63, 3.8) is 0 Å². The highest BCUT2D eigenvalue weighted by Crippen LogP contribution is 2.52. The lowest BCUT2D eigenvalue weighted by Crippen LogP contribution is -2.61. The summed E-state index contributed by atoms with van der Waals surface area (Å²) < 4.78 is 26.7. The molecule has 208 valence electrons. The van der Waals surface area contributed by atoms with Crippen molar-refractivity contribution < 1.29 is 28.6 Å². The molecule has 2 N–H and O–H groups in total. The molecule has 0 spiro atoms. The Morgan fingerprint density at radius 1 is 1.16 bits per heavy atom. The second-order valence-corrected chi connectivity index (χ2v) is 12.5. The number of anilines is 1. The highest BCUT2D eigenvalue weighted by molar-refractivity contribution is 9.10. The van der Waals surface area contributed by atoms with E-state index < -0.39 is 40.8 Å². The number of rotatable bonds is 6. The number of fused-ring (bicyclic) bond motifs is 1. The largest absolute Gasteiger partial charge is 0.444 e. The number of benzene rings is 2. The van der Waals surface area contributed by atoms with Crippen LogP contribution in [0.2, 0.25) is 5.02 Å². The van der Waals surface area contributed by atoms with E-state index in [1.807, 2.05) is 30.3 Å². The summed E-state index contributed by atoms with van der Waals surface area (Å²) in [5, 5.41) is 12.6. The molecule has 1 aliphatic heterocycles. The first-order valence-corrected chi connectivity index (χ1v) is 13.6. The fraction of sp³-hybridized carbons (Fsp3) is 0.500. The minimum absolute atomic E-state index is 0.108. The molecule has 1 heterocycles. The van der Waals surface area contributed by atoms with Crippen molar-refractivity contribution in [1.29, 1.82) is 0 Å². The van der Waals surface area contributed by atoms with Gasteiger partial charge in [-0.3, -0.25) is 4.90 Å². The number of carbonyl (C=O) groups excluding carboxylic acids is 2. The molecule has 0 bridgehead atoms. The maximum atomic E-state index is 15.0. The van der Waals surface area contributed by atoms with Crippen molar-refractivity contribution in [3.05, 3.63) is 62.8 Å². The number of ether oxygens (including phenoxy) is 2. The first-order valence-electron chi connectivity index (χ1n) is 12.5. The van der Waals surface area contributed by atoms with E-state index >= 15 is 0 Å². The van der Waals surface area contributed by atoms with Crippen LogP contribution < -0.4 is 10.2 Å². The van der Waals surface area contributed by atoms with Gasteiger partial charge in [-0.15, -0.1) is 0 Å². The number of hydrogen-bond donors (Lipinski definition) is 2. The molecule has 2 aromatic rings. The molecular weight excluding hydrogens is 579 g/mol. The Bertz CT molecular complexity index is 1180. The summed E-state index contributed by atoms with van der Waals surface area (Å²) in [5.74, 6) is -0.707. The Hall–Kier alpha value is -2.36. The molecule has 3 rings (SSSR count). The zero-order valence-corrected chi connectivity index (χ0v) is 24.9. The van der Waals surface area contributed by atoms with Crippen LogP contribution in [0.5, 0.6) is 0 Å². The van der Waals surface area contributed by atoms with Gasteiger partial charge in [0.15, 0.2) is 0 Å². The van der Waals surface area contributed by atoms with Crippen molar-refractivity contribution in [2.75, 3.05) is 11.5 Å². The van der Waals surface area contributed by atoms with Gasteiger partial charge in [0.2, 0.25) is 0 Å². The zero-order chi connectivity index (χ0) is 28.5. The normalized spacial score (nSPS) is 18.1. The molecule has 2 atom stereocenters. The molecule has 0 radical (unpaired) electrons. The van der Waals surface area contributed by atoms with Crippen LogP contribution in [0.3, 0.4) is 0 Å². The van der Waals surface area contributed by atoms with Gasteiger partial charge >= 0.3 is 12.2 Å². The quantitative estimate of drug-likeness (QED) is 0.339. The molecule has 1 aliphatic rings. The molecule has 2 amide bonds. The zero-order valence-electron chi connectivity index (χ0n) is 22.5. The van der Waals surface area contributed by atoms with Crippen LogP contribution in [0.1, 0.15) is 65.5 Å². The third-order valence-corrected chi connectivity index (χ3v) is 7.57. The van der Waals surface area contributed by atoms with E-state index in [1.165, 1.54) is 11.0 Å². The van der Waals surface area contributed by atoms with Crippen molar-refractivity contribution in [3.8, 4) is 0 Å². The maximum Gasteiger partial charge on any atom is 0.415 e. The van der Waals surface area contributed by atoms with Crippen molar-refractivity contribution in [2.24, 2.45) is 0 Å². The second kappa shape index (κ2) is 11.4. The summed E-state index contributed by atoms with van der Waals surface area (Å²) in [7, 11) is 0. The summed E-state index contributed by atoms with van der Waals surface area (Å²) >= 11 is 9.71. The molecule has 10 heteroatoms. The number of aliphatic hydroxyl groups excluding tert-OH is 1. The SMILES string of the molecule is CC(C)(C)OC(=O)N[C@@H](CCCO)[C@@]1(c2ccccc2)Cc2c(cc(F)c(Cl)c2Br)N1C(=O)OC(C)(C)C. The van der Waals surface area contributed by atoms with Crippen molar-refractivity contribution >= 4 is 45.4 Å². The third kappa shape index (κ3) is 6.43. The molecular formula is C28H35BrClFN2O5. The third-order valence-electron chi connectivity index (χ3n) is 6.09. The number of nitrogens with zero attached hydrogens (tertiary/aromatic N) is 1. The Morgan fingerprint density at radius 2 is 1.76 bits per heavy atom. The first-order chi connectivity index (χ1) is 17.6. The van der Waals surface area contributed by atoms with Gasteiger partial charge in [-0.25, -0.2) is 14.0 Å². The van der Waals surface area contributed by atoms with Gasteiger partial charge in [-0.1, -0.05) is 41.9 Å². The van der Waals surface area contributed by atoms with Crippen LogP contribution in [0.25, 0.3) is 0 Å². The molecule has 0 fully saturated rings. The van der Waals surface area contributed by atoms with E-state index in [2.05, 4.69) is 21.2 Å². The van der Waals surface area contributed by atoms with Crippen LogP contribution in [0.4, 0.5) is 19.7 Å². The van der Waals surface area contributed by atoms with E-state index in [9.17, 15) is 19.1 Å². The van der Waals surface area contributed by atoms with E-state index in [0.717, 1.165) is 0 Å². The molecule has 38 heavy (non-hydrogen) atoms. The molecule has 0 unspecified atom stereocenters. The monoisotopic (exact) mass is 612 g/mol. The lowest BCUT2D eigenvalue weighted by molar-refractivity contribution is 0.0412. The van der Waals surface area contributed by atoms with Crippen LogP contribution in [-0.2, 0) is 21.4 Å². The summed E-state index contributed by atoms with van der Waals surface area (Å²) in [4.78, 5) is 28.5. The number of hydrogen-bond acceptors (Lipinski definition) is 5. The highest BCUT2D eigenvalue weighted by Gasteiger charge is 2.56. The predicted octanol–water partition coefficient (Wildman–Crippen LogP) is 7.10. The summed E-state index contributed by atoms with van der Waals surface area (Å²) in [6.07, 6.45) is -0.610. The Kier molecular flexibility index (Phi) is 9.06. The van der Waals surface area contributed by atoms with Gasteiger partial charge < -0.3 is 19.9 Å². The Balaban J connectivity index is 2.32. The molecule has 0 aliphatic carbocycles. The second-order valence-electron chi connectivity index (χ2n) is 11.3. The molecule has 7 nitrogen and oxygen atoms in total. The summed E-state index contributed by atoms with van der Waals surface area (Å²) in [6.45, 7) is 10.3. The minimum Gasteiger partial charge on any atom is -0.444 e. The molecule has 2 aromatic carbocycles. The van der Waals surface area contributed by atoms with E-state index in [-0.39, 0.29) is 30.2 Å². The number of amides is 2. The summed E-state index contributed by atoms with van der Waals surface area (Å²) in [5.41, 5.74) is -1.34. The van der Waals surface area contributed by atoms with Crippen molar-refractivity contribution in [1.82, 2.24) is 5.32 Å². The predicted molar refractivity (Wildman–Crippen MR) is 149 cm³/mol. The van der Waals surface area contributed by atoms with Crippen LogP contribution >= 0.6 is 27.5 Å². The molecule has 0 saturated carbocycles. The average molecular weight is 614 g/mol. The average Bonchev–Trinajstić information content (AvgIpc) is 3.14. The van der Waals surface area contributed by atoms with Gasteiger partial charge in [0.1, 0.15) is 22.6 Å². The van der Waals surface area contributed by atoms with Gasteiger partial charge in [-0.2, -0.15) is 0 Å². The van der Waals surface area contributed by atoms with E-state index in [0.29, 0.717) is 22.0 Å². The highest BCUT2D eigenvalue weighted by atomic mass is 79.9. The number of alkyl carbamates (subject to hydrolysis) is 1. The minimum atomic E-state index is -1.27. The number of carbonyl (C=O) groups is 2. The van der Waals surface area contributed by atoms with Gasteiger partial charge in [0.25, 0.3) is 0 Å². The van der Waals surface area contributed by atoms with E-state index in [1.54, 1.807) is 41.5 Å². The topological polar surface area (TPSA) is 88.1 Å². The summed E-state index contributed by atoms with van der Waals surface area (Å²) in [6, 6.07) is 9.64. The van der Waals surface area contributed by atoms with Crippen LogP contribution in [-0.4, -0.2) is 41.1 Å². The van der Waals surface area contributed by atoms with Crippen molar-refractivity contribution in [2.45, 2.75) is 83.6 Å². The molecule has 0 saturated heterocycles. The first kappa shape index (κ1) is 30.2. The van der Waals surface area contributed by atoms with Gasteiger partial charge in [-0.05, 0) is 87.5 Å². The Labute approximate surface area is 236 Å².